The lowest BCUT2D eigenvalue weighted by atomic mass is 10.1. The molecule has 0 saturated carbocycles. The number of esters is 1. The van der Waals surface area contributed by atoms with Gasteiger partial charge in [0.25, 0.3) is 0 Å². The molecule has 0 heterocycles. The number of ether oxygens (including phenoxy) is 1. The van der Waals surface area contributed by atoms with Crippen molar-refractivity contribution in [1.82, 2.24) is 0 Å². The van der Waals surface area contributed by atoms with Crippen LogP contribution in [0.3, 0.4) is 0 Å². The van der Waals surface area contributed by atoms with Gasteiger partial charge in [0.2, 0.25) is 0 Å². The molecule has 4 heteroatoms. The van der Waals surface area contributed by atoms with E-state index in [2.05, 4.69) is 23.1 Å². The van der Waals surface area contributed by atoms with Crippen LogP contribution in [0.2, 0.25) is 0 Å². The van der Waals surface area contributed by atoms with Crippen LogP contribution >= 0.6 is 12.6 Å². The molecule has 0 spiro atoms. The molecule has 1 unspecified atom stereocenters. The third-order valence-corrected chi connectivity index (χ3v) is 1.73. The highest BCUT2D eigenvalue weighted by Gasteiger charge is 2.31. The molecule has 0 aromatic heterocycles. The van der Waals surface area contributed by atoms with Crippen molar-refractivity contribution in [3.8, 4) is 0 Å². The SMILES string of the molecule is COC(=O)C(C)([NH3+])CS. The number of carbonyl (C=O) groups excluding carboxylic acids is 1. The number of rotatable bonds is 2. The van der Waals surface area contributed by atoms with E-state index in [1.54, 1.807) is 6.92 Å². The zero-order valence-electron chi connectivity index (χ0n) is 5.68. The molecule has 9 heavy (non-hydrogen) atoms. The van der Waals surface area contributed by atoms with Gasteiger partial charge in [-0.1, -0.05) is 0 Å². The average Bonchev–Trinajstić information content (AvgIpc) is 1.86. The number of carbonyl (C=O) groups is 1. The van der Waals surface area contributed by atoms with Crippen molar-refractivity contribution in [1.29, 1.82) is 0 Å². The van der Waals surface area contributed by atoms with Crippen LogP contribution < -0.4 is 5.73 Å². The maximum absolute atomic E-state index is 10.7. The quantitative estimate of drug-likeness (QED) is 0.395. The Kier molecular flexibility index (Phi) is 3.00. The predicted octanol–water partition coefficient (Wildman–Crippen LogP) is -0.910. The second kappa shape index (κ2) is 3.08. The van der Waals surface area contributed by atoms with E-state index in [1.807, 2.05) is 0 Å². The Balaban J connectivity index is 3.97. The highest BCUT2D eigenvalue weighted by Crippen LogP contribution is 1.99. The summed E-state index contributed by atoms with van der Waals surface area (Å²) < 4.78 is 4.46. The van der Waals surface area contributed by atoms with Gasteiger partial charge in [0.1, 0.15) is 0 Å². The molecule has 3 N–H and O–H groups in total. The minimum atomic E-state index is -0.697. The molecule has 0 radical (unpaired) electrons. The first-order chi connectivity index (χ1) is 4.04. The van der Waals surface area contributed by atoms with Crippen molar-refractivity contribution < 1.29 is 15.3 Å². The van der Waals surface area contributed by atoms with Gasteiger partial charge < -0.3 is 10.5 Å². The van der Waals surface area contributed by atoms with Gasteiger partial charge in [-0.05, 0) is 0 Å². The molecule has 54 valence electrons. The number of quaternary nitrogens is 1. The van der Waals surface area contributed by atoms with E-state index in [1.165, 1.54) is 7.11 Å². The molecule has 0 amide bonds. The van der Waals surface area contributed by atoms with E-state index >= 15 is 0 Å². The van der Waals surface area contributed by atoms with Crippen LogP contribution in [0.5, 0.6) is 0 Å². The normalized spacial score (nSPS) is 16.4. The molecule has 0 fully saturated rings. The maximum atomic E-state index is 10.7. The fraction of sp³-hybridized carbons (Fsp3) is 0.800. The Bertz CT molecular complexity index is 114. The van der Waals surface area contributed by atoms with Crippen LogP contribution in [-0.2, 0) is 9.53 Å². The van der Waals surface area contributed by atoms with Crippen molar-refractivity contribution in [2.24, 2.45) is 0 Å². The predicted molar refractivity (Wildman–Crippen MR) is 37.2 cm³/mol. The van der Waals surface area contributed by atoms with Crippen LogP contribution in [-0.4, -0.2) is 24.4 Å². The summed E-state index contributed by atoms with van der Waals surface area (Å²) in [4.78, 5) is 10.7. The minimum absolute atomic E-state index is 0.322. The largest absolute Gasteiger partial charge is 0.464 e. The summed E-state index contributed by atoms with van der Waals surface area (Å²) in [5.74, 6) is 0.0807. The molecule has 0 saturated heterocycles. The molecule has 0 aliphatic heterocycles. The van der Waals surface area contributed by atoms with Gasteiger partial charge in [0.15, 0.2) is 5.54 Å². The number of thiol groups is 1. The maximum Gasteiger partial charge on any atom is 0.368 e. The van der Waals surface area contributed by atoms with Crippen molar-refractivity contribution in [3.05, 3.63) is 0 Å². The molecule has 0 rings (SSSR count). The van der Waals surface area contributed by atoms with Crippen LogP contribution in [0.15, 0.2) is 0 Å². The van der Waals surface area contributed by atoms with Crippen molar-refractivity contribution in [3.63, 3.8) is 0 Å². The lowest BCUT2D eigenvalue weighted by Gasteiger charge is -2.13. The first-order valence-electron chi connectivity index (χ1n) is 2.59. The summed E-state index contributed by atoms with van der Waals surface area (Å²) in [6, 6.07) is 0. The summed E-state index contributed by atoms with van der Waals surface area (Å²) in [6.45, 7) is 1.69. The van der Waals surface area contributed by atoms with E-state index < -0.39 is 5.54 Å². The topological polar surface area (TPSA) is 53.9 Å². The minimum Gasteiger partial charge on any atom is -0.464 e. The van der Waals surface area contributed by atoms with Crippen LogP contribution in [0.4, 0.5) is 0 Å². The van der Waals surface area contributed by atoms with Gasteiger partial charge >= 0.3 is 5.97 Å². The van der Waals surface area contributed by atoms with Gasteiger partial charge in [-0.15, -0.1) is 0 Å². The van der Waals surface area contributed by atoms with Gasteiger partial charge in [-0.2, -0.15) is 12.6 Å². The van der Waals surface area contributed by atoms with Crippen molar-refractivity contribution >= 4 is 18.6 Å². The number of methoxy groups -OCH3 is 1. The molecular formula is C5H12NO2S+. The lowest BCUT2D eigenvalue weighted by Crippen LogP contribution is -2.76. The first kappa shape index (κ1) is 8.78. The standard InChI is InChI=1S/C5H11NO2S/c1-5(6,3-9)4(7)8-2/h9H,3,6H2,1-2H3/p+1. The summed E-state index contributed by atoms with van der Waals surface area (Å²) in [6.07, 6.45) is 0. The third kappa shape index (κ3) is 2.24. The molecule has 0 bridgehead atoms. The third-order valence-electron chi connectivity index (χ3n) is 1.03. The summed E-state index contributed by atoms with van der Waals surface area (Å²) in [7, 11) is 1.34. The van der Waals surface area contributed by atoms with E-state index in [-0.39, 0.29) is 5.97 Å². The van der Waals surface area contributed by atoms with Crippen molar-refractivity contribution in [2.75, 3.05) is 12.9 Å². The Morgan fingerprint density at radius 2 is 2.33 bits per heavy atom. The smallest absolute Gasteiger partial charge is 0.368 e. The first-order valence-corrected chi connectivity index (χ1v) is 3.22. The zero-order valence-corrected chi connectivity index (χ0v) is 6.57. The summed E-state index contributed by atoms with van der Waals surface area (Å²) in [5.41, 5.74) is 2.91. The Labute approximate surface area is 60.0 Å². The van der Waals surface area contributed by atoms with Gasteiger partial charge in [-0.3, -0.25) is 0 Å². The molecule has 0 aromatic carbocycles. The Morgan fingerprint density at radius 1 is 1.89 bits per heavy atom. The zero-order chi connectivity index (χ0) is 7.49. The van der Waals surface area contributed by atoms with Gasteiger partial charge in [0, 0.05) is 6.92 Å². The van der Waals surface area contributed by atoms with E-state index in [0.717, 1.165) is 0 Å². The molecule has 1 atom stereocenters. The molecule has 0 aliphatic carbocycles. The van der Waals surface area contributed by atoms with E-state index in [0.29, 0.717) is 5.75 Å². The summed E-state index contributed by atoms with van der Waals surface area (Å²) in [5, 5.41) is 0. The number of hydrogen-bond acceptors (Lipinski definition) is 3. The lowest BCUT2D eigenvalue weighted by molar-refractivity contribution is -0.448. The molecule has 0 aliphatic rings. The molecule has 3 nitrogen and oxygen atoms in total. The van der Waals surface area contributed by atoms with Gasteiger partial charge in [-0.25, -0.2) is 4.79 Å². The Morgan fingerprint density at radius 3 is 2.44 bits per heavy atom. The highest BCUT2D eigenvalue weighted by atomic mass is 32.1. The van der Waals surface area contributed by atoms with Crippen molar-refractivity contribution in [2.45, 2.75) is 12.5 Å². The van der Waals surface area contributed by atoms with E-state index in [4.69, 9.17) is 0 Å². The highest BCUT2D eigenvalue weighted by molar-refractivity contribution is 7.80. The van der Waals surface area contributed by atoms with Crippen LogP contribution in [0.25, 0.3) is 0 Å². The van der Waals surface area contributed by atoms with Crippen LogP contribution in [0, 0.1) is 0 Å². The summed E-state index contributed by atoms with van der Waals surface area (Å²) >= 11 is 3.93. The average molecular weight is 150 g/mol. The molecular weight excluding hydrogens is 138 g/mol. The Hall–Kier alpha value is -0.220. The number of hydrogen-bond donors (Lipinski definition) is 2. The second-order valence-electron chi connectivity index (χ2n) is 2.21. The fourth-order valence-corrected chi connectivity index (χ4v) is 0.440. The monoisotopic (exact) mass is 150 g/mol. The second-order valence-corrected chi connectivity index (χ2v) is 2.53. The van der Waals surface area contributed by atoms with Gasteiger partial charge in [0.05, 0.1) is 12.9 Å². The van der Waals surface area contributed by atoms with Crippen LogP contribution in [0.1, 0.15) is 6.92 Å². The molecule has 0 aromatic rings. The fourth-order valence-electron chi connectivity index (χ4n) is 0.311. The van der Waals surface area contributed by atoms with E-state index in [9.17, 15) is 4.79 Å².